The van der Waals surface area contributed by atoms with Gasteiger partial charge in [-0.05, 0) is 24.7 Å². The molecular weight excluding hydrogens is 252 g/mol. The Morgan fingerprint density at radius 2 is 2.17 bits per heavy atom. The van der Waals surface area contributed by atoms with Gasteiger partial charge in [-0.3, -0.25) is 0 Å². The quantitative estimate of drug-likeness (QED) is 0.847. The highest BCUT2D eigenvalue weighted by atomic mass is 32.2. The summed E-state index contributed by atoms with van der Waals surface area (Å²) >= 11 is 0. The Hall–Kier alpha value is -0.850. The number of nitrogens with two attached hydrogens (primary N) is 1. The maximum atomic E-state index is 12.1. The largest absolute Gasteiger partial charge is 0.464 e. The van der Waals surface area contributed by atoms with Gasteiger partial charge in [0.25, 0.3) is 0 Å². The molecule has 0 bridgehead atoms. The van der Waals surface area contributed by atoms with Crippen LogP contribution >= 0.6 is 0 Å². The zero-order chi connectivity index (χ0) is 13.6. The normalized spacial score (nSPS) is 22.1. The van der Waals surface area contributed by atoms with Gasteiger partial charge in [0.2, 0.25) is 10.0 Å². The molecule has 0 spiro atoms. The minimum absolute atomic E-state index is 0.196. The molecule has 5 nitrogen and oxygen atoms in total. The molecule has 0 aliphatic heterocycles. The second kappa shape index (κ2) is 4.36. The Morgan fingerprint density at radius 1 is 1.56 bits per heavy atom. The van der Waals surface area contributed by atoms with Gasteiger partial charge in [0.15, 0.2) is 0 Å². The van der Waals surface area contributed by atoms with Crippen LogP contribution in [0.3, 0.4) is 0 Å². The fourth-order valence-electron chi connectivity index (χ4n) is 2.10. The fourth-order valence-corrected chi connectivity index (χ4v) is 3.39. The second-order valence-corrected chi connectivity index (χ2v) is 7.31. The van der Waals surface area contributed by atoms with E-state index in [0.29, 0.717) is 24.0 Å². The molecular formula is C12H20N2O3S. The van der Waals surface area contributed by atoms with Crippen molar-refractivity contribution in [2.45, 2.75) is 38.6 Å². The fraction of sp³-hybridized carbons (Fsp3) is 0.667. The van der Waals surface area contributed by atoms with Crippen LogP contribution in [-0.4, -0.2) is 15.0 Å². The predicted molar refractivity (Wildman–Crippen MR) is 68.4 cm³/mol. The molecule has 1 aromatic rings. The Kier molecular flexibility index (Phi) is 3.29. The van der Waals surface area contributed by atoms with E-state index in [0.717, 1.165) is 6.42 Å². The number of furan rings is 1. The molecule has 1 fully saturated rings. The number of rotatable bonds is 5. The molecule has 6 heteroatoms. The monoisotopic (exact) mass is 272 g/mol. The van der Waals surface area contributed by atoms with Crippen molar-refractivity contribution in [2.24, 2.45) is 17.1 Å². The van der Waals surface area contributed by atoms with Gasteiger partial charge >= 0.3 is 0 Å². The van der Waals surface area contributed by atoms with Crippen molar-refractivity contribution in [3.05, 3.63) is 17.6 Å². The number of aryl methyl sites for hydroxylation is 1. The summed E-state index contributed by atoms with van der Waals surface area (Å²) in [6, 6.07) is 1.50. The lowest BCUT2D eigenvalue weighted by Crippen LogP contribution is -2.27. The van der Waals surface area contributed by atoms with E-state index in [1.807, 2.05) is 0 Å². The van der Waals surface area contributed by atoms with E-state index < -0.39 is 10.0 Å². The highest BCUT2D eigenvalue weighted by Gasteiger charge is 2.45. The van der Waals surface area contributed by atoms with Gasteiger partial charge in [0.05, 0.1) is 6.54 Å². The van der Waals surface area contributed by atoms with Crippen LogP contribution in [0.2, 0.25) is 0 Å². The van der Waals surface area contributed by atoms with Gasteiger partial charge in [-0.15, -0.1) is 0 Å². The Labute approximate surface area is 108 Å². The topological polar surface area (TPSA) is 85.3 Å². The van der Waals surface area contributed by atoms with E-state index in [4.69, 9.17) is 10.2 Å². The average molecular weight is 272 g/mol. The third-order valence-electron chi connectivity index (χ3n) is 3.65. The summed E-state index contributed by atoms with van der Waals surface area (Å²) in [4.78, 5) is 0.196. The maximum absolute atomic E-state index is 12.1. The SMILES string of the molecule is Cc1oc(CN)cc1S(=O)(=O)NCC1CC1(C)C. The summed E-state index contributed by atoms with van der Waals surface area (Å²) < 4.78 is 32.1. The molecule has 0 radical (unpaired) electrons. The van der Waals surface area contributed by atoms with Gasteiger partial charge in [-0.2, -0.15) is 0 Å². The van der Waals surface area contributed by atoms with Crippen molar-refractivity contribution >= 4 is 10.0 Å². The van der Waals surface area contributed by atoms with Crippen LogP contribution in [0.1, 0.15) is 31.8 Å². The van der Waals surface area contributed by atoms with Crippen LogP contribution < -0.4 is 10.5 Å². The lowest BCUT2D eigenvalue weighted by molar-refractivity contribution is 0.478. The molecule has 1 unspecified atom stereocenters. The number of hydrogen-bond donors (Lipinski definition) is 2. The Morgan fingerprint density at radius 3 is 2.61 bits per heavy atom. The molecule has 2 rings (SSSR count). The van der Waals surface area contributed by atoms with Crippen LogP contribution in [0.4, 0.5) is 0 Å². The first-order chi connectivity index (χ1) is 8.26. The van der Waals surface area contributed by atoms with E-state index in [9.17, 15) is 8.42 Å². The highest BCUT2D eigenvalue weighted by Crippen LogP contribution is 2.51. The second-order valence-electron chi connectivity index (χ2n) is 5.58. The first-order valence-electron chi connectivity index (χ1n) is 6.05. The van der Waals surface area contributed by atoms with Crippen molar-refractivity contribution in [3.63, 3.8) is 0 Å². The molecule has 0 saturated heterocycles. The molecule has 102 valence electrons. The van der Waals surface area contributed by atoms with Gasteiger partial charge in [-0.1, -0.05) is 13.8 Å². The number of nitrogens with one attached hydrogen (secondary N) is 1. The third-order valence-corrected chi connectivity index (χ3v) is 5.18. The first kappa shape index (κ1) is 13.6. The summed E-state index contributed by atoms with van der Waals surface area (Å²) in [6.45, 7) is 6.60. The average Bonchev–Trinajstić information content (AvgIpc) is 2.70. The van der Waals surface area contributed by atoms with Crippen molar-refractivity contribution in [1.29, 1.82) is 0 Å². The minimum Gasteiger partial charge on any atom is -0.464 e. The minimum atomic E-state index is -3.48. The molecule has 3 N–H and O–H groups in total. The lowest BCUT2D eigenvalue weighted by atomic mass is 10.1. The van der Waals surface area contributed by atoms with Crippen molar-refractivity contribution in [2.75, 3.05) is 6.54 Å². The number of sulfonamides is 1. The van der Waals surface area contributed by atoms with E-state index in [1.165, 1.54) is 6.07 Å². The van der Waals surface area contributed by atoms with Gasteiger partial charge in [0.1, 0.15) is 16.4 Å². The molecule has 1 aliphatic carbocycles. The van der Waals surface area contributed by atoms with Gasteiger partial charge in [-0.25, -0.2) is 13.1 Å². The van der Waals surface area contributed by atoms with Crippen molar-refractivity contribution in [1.82, 2.24) is 4.72 Å². The van der Waals surface area contributed by atoms with E-state index in [2.05, 4.69) is 18.6 Å². The molecule has 1 saturated carbocycles. The van der Waals surface area contributed by atoms with Crippen molar-refractivity contribution in [3.8, 4) is 0 Å². The number of hydrogen-bond acceptors (Lipinski definition) is 4. The zero-order valence-electron chi connectivity index (χ0n) is 11.0. The van der Waals surface area contributed by atoms with Crippen molar-refractivity contribution < 1.29 is 12.8 Å². The predicted octanol–water partition coefficient (Wildman–Crippen LogP) is 1.37. The van der Waals surface area contributed by atoms with Gasteiger partial charge < -0.3 is 10.2 Å². The Bertz CT molecular complexity index is 546. The lowest BCUT2D eigenvalue weighted by Gasteiger charge is -2.06. The van der Waals surface area contributed by atoms with Crippen LogP contribution in [0.25, 0.3) is 0 Å². The van der Waals surface area contributed by atoms with Crippen LogP contribution in [-0.2, 0) is 16.6 Å². The van der Waals surface area contributed by atoms with E-state index in [1.54, 1.807) is 6.92 Å². The zero-order valence-corrected chi connectivity index (χ0v) is 11.8. The summed E-state index contributed by atoms with van der Waals surface area (Å²) in [5.41, 5.74) is 5.69. The Balaban J connectivity index is 2.08. The molecule has 1 heterocycles. The smallest absolute Gasteiger partial charge is 0.244 e. The maximum Gasteiger partial charge on any atom is 0.244 e. The van der Waals surface area contributed by atoms with E-state index >= 15 is 0 Å². The summed E-state index contributed by atoms with van der Waals surface area (Å²) in [5, 5.41) is 0. The standard InChI is InChI=1S/C12H20N2O3S/c1-8-11(4-10(6-13)17-8)18(15,16)14-7-9-5-12(9,2)3/h4,9,14H,5-7,13H2,1-3H3. The highest BCUT2D eigenvalue weighted by molar-refractivity contribution is 7.89. The van der Waals surface area contributed by atoms with Crippen LogP contribution in [0.5, 0.6) is 0 Å². The summed E-state index contributed by atoms with van der Waals surface area (Å²) in [5.74, 6) is 1.30. The summed E-state index contributed by atoms with van der Waals surface area (Å²) in [6.07, 6.45) is 1.06. The van der Waals surface area contributed by atoms with Gasteiger partial charge in [0, 0.05) is 12.6 Å². The van der Waals surface area contributed by atoms with Crippen LogP contribution in [0.15, 0.2) is 15.4 Å². The third kappa shape index (κ3) is 2.60. The molecule has 1 aromatic heterocycles. The molecule has 0 amide bonds. The molecule has 0 aromatic carbocycles. The molecule has 18 heavy (non-hydrogen) atoms. The summed E-state index contributed by atoms with van der Waals surface area (Å²) in [7, 11) is -3.48. The molecule has 1 aliphatic rings. The van der Waals surface area contributed by atoms with E-state index in [-0.39, 0.29) is 16.9 Å². The first-order valence-corrected chi connectivity index (χ1v) is 7.53. The molecule has 1 atom stereocenters. The van der Waals surface area contributed by atoms with Crippen LogP contribution in [0, 0.1) is 18.3 Å².